The lowest BCUT2D eigenvalue weighted by atomic mass is 10.1. The summed E-state index contributed by atoms with van der Waals surface area (Å²) < 4.78 is 34.0. The molecule has 114 valence electrons. The van der Waals surface area contributed by atoms with Crippen molar-refractivity contribution in [1.82, 2.24) is 0 Å². The molecular formula is C14H23NO4S. The number of nitrogens with two attached hydrogens (primary N) is 1. The van der Waals surface area contributed by atoms with Gasteiger partial charge in [-0.2, -0.15) is 0 Å². The first kappa shape index (κ1) is 16.8. The summed E-state index contributed by atoms with van der Waals surface area (Å²) >= 11 is 0. The molecule has 0 saturated carbocycles. The predicted octanol–water partition coefficient (Wildman–Crippen LogP) is 1.92. The molecule has 20 heavy (non-hydrogen) atoms. The van der Waals surface area contributed by atoms with E-state index in [4.69, 9.17) is 15.2 Å². The second kappa shape index (κ2) is 7.50. The average molecular weight is 301 g/mol. The van der Waals surface area contributed by atoms with Gasteiger partial charge in [-0.1, -0.05) is 13.0 Å². The van der Waals surface area contributed by atoms with Gasteiger partial charge in [0.05, 0.1) is 18.6 Å². The van der Waals surface area contributed by atoms with E-state index in [0.717, 1.165) is 5.56 Å². The van der Waals surface area contributed by atoms with Crippen LogP contribution in [0.3, 0.4) is 0 Å². The SMILES string of the molecule is CCCS(=O)(=O)CCOc1cc(OC)ccc1C(C)N. The van der Waals surface area contributed by atoms with Crippen LogP contribution in [0.2, 0.25) is 0 Å². The van der Waals surface area contributed by atoms with Crippen LogP contribution in [0.5, 0.6) is 11.5 Å². The predicted molar refractivity (Wildman–Crippen MR) is 80.0 cm³/mol. The smallest absolute Gasteiger partial charge is 0.153 e. The minimum absolute atomic E-state index is 0.0104. The summed E-state index contributed by atoms with van der Waals surface area (Å²) in [6.07, 6.45) is 0.618. The average Bonchev–Trinajstić information content (AvgIpc) is 2.37. The van der Waals surface area contributed by atoms with E-state index in [1.807, 2.05) is 19.9 Å². The molecule has 1 unspecified atom stereocenters. The Kier molecular flexibility index (Phi) is 6.29. The monoisotopic (exact) mass is 301 g/mol. The number of benzene rings is 1. The molecule has 0 radical (unpaired) electrons. The van der Waals surface area contributed by atoms with Gasteiger partial charge in [-0.25, -0.2) is 8.42 Å². The van der Waals surface area contributed by atoms with Crippen molar-refractivity contribution >= 4 is 9.84 Å². The normalized spacial score (nSPS) is 13.0. The fourth-order valence-electron chi connectivity index (χ4n) is 1.83. The van der Waals surface area contributed by atoms with Crippen molar-refractivity contribution in [3.63, 3.8) is 0 Å². The molecule has 0 aliphatic rings. The van der Waals surface area contributed by atoms with Crippen LogP contribution in [-0.4, -0.2) is 33.6 Å². The molecule has 0 aliphatic carbocycles. The molecule has 1 aromatic carbocycles. The van der Waals surface area contributed by atoms with E-state index in [1.165, 1.54) is 0 Å². The van der Waals surface area contributed by atoms with Crippen LogP contribution < -0.4 is 15.2 Å². The summed E-state index contributed by atoms with van der Waals surface area (Å²) in [6, 6.07) is 5.17. The summed E-state index contributed by atoms with van der Waals surface area (Å²) in [4.78, 5) is 0. The lowest BCUT2D eigenvalue weighted by Crippen LogP contribution is -2.17. The Hall–Kier alpha value is -1.27. The van der Waals surface area contributed by atoms with E-state index < -0.39 is 9.84 Å². The molecule has 0 amide bonds. The number of rotatable bonds is 8. The zero-order valence-electron chi connectivity index (χ0n) is 12.3. The van der Waals surface area contributed by atoms with Gasteiger partial charge in [-0.3, -0.25) is 0 Å². The van der Waals surface area contributed by atoms with Gasteiger partial charge in [0, 0.05) is 17.7 Å². The third-order valence-electron chi connectivity index (χ3n) is 2.88. The van der Waals surface area contributed by atoms with Crippen LogP contribution in [0.25, 0.3) is 0 Å². The first-order valence-corrected chi connectivity index (χ1v) is 8.48. The maximum absolute atomic E-state index is 11.6. The molecule has 0 bridgehead atoms. The van der Waals surface area contributed by atoms with Crippen LogP contribution in [0.1, 0.15) is 31.9 Å². The molecule has 0 aromatic heterocycles. The van der Waals surface area contributed by atoms with E-state index >= 15 is 0 Å². The van der Waals surface area contributed by atoms with Crippen molar-refractivity contribution in [2.45, 2.75) is 26.3 Å². The van der Waals surface area contributed by atoms with Gasteiger partial charge < -0.3 is 15.2 Å². The molecule has 0 fully saturated rings. The topological polar surface area (TPSA) is 78.6 Å². The Morgan fingerprint density at radius 2 is 2.00 bits per heavy atom. The van der Waals surface area contributed by atoms with E-state index in [9.17, 15) is 8.42 Å². The van der Waals surface area contributed by atoms with E-state index in [2.05, 4.69) is 0 Å². The Morgan fingerprint density at radius 1 is 1.30 bits per heavy atom. The number of hydrogen-bond acceptors (Lipinski definition) is 5. The summed E-state index contributed by atoms with van der Waals surface area (Å²) in [6.45, 7) is 3.81. The Morgan fingerprint density at radius 3 is 2.55 bits per heavy atom. The van der Waals surface area contributed by atoms with Crippen molar-refractivity contribution in [3.05, 3.63) is 23.8 Å². The highest BCUT2D eigenvalue weighted by molar-refractivity contribution is 7.91. The lowest BCUT2D eigenvalue weighted by molar-refractivity contribution is 0.331. The van der Waals surface area contributed by atoms with Gasteiger partial charge in [-0.15, -0.1) is 0 Å². The first-order valence-electron chi connectivity index (χ1n) is 6.66. The molecule has 1 aromatic rings. The lowest BCUT2D eigenvalue weighted by Gasteiger charge is -2.15. The quantitative estimate of drug-likeness (QED) is 0.793. The second-order valence-electron chi connectivity index (χ2n) is 4.69. The second-order valence-corrected chi connectivity index (χ2v) is 7.00. The summed E-state index contributed by atoms with van der Waals surface area (Å²) in [7, 11) is -1.47. The molecule has 0 aliphatic heterocycles. The first-order chi connectivity index (χ1) is 9.39. The molecule has 0 saturated heterocycles. The van der Waals surface area contributed by atoms with Gasteiger partial charge in [0.1, 0.15) is 18.1 Å². The van der Waals surface area contributed by atoms with Crippen LogP contribution in [0.4, 0.5) is 0 Å². The maximum atomic E-state index is 11.6. The standard InChI is InChI=1S/C14H23NO4S/c1-4-8-20(16,17)9-7-19-14-10-12(18-3)5-6-13(14)11(2)15/h5-6,10-11H,4,7-9,15H2,1-3H3. The molecule has 0 heterocycles. The van der Waals surface area contributed by atoms with Crippen molar-refractivity contribution in [1.29, 1.82) is 0 Å². The van der Waals surface area contributed by atoms with Crippen LogP contribution in [0.15, 0.2) is 18.2 Å². The Bertz CT molecular complexity index is 526. The molecular weight excluding hydrogens is 278 g/mol. The van der Waals surface area contributed by atoms with Crippen molar-refractivity contribution in [2.24, 2.45) is 5.73 Å². The van der Waals surface area contributed by atoms with E-state index in [-0.39, 0.29) is 24.2 Å². The number of ether oxygens (including phenoxy) is 2. The van der Waals surface area contributed by atoms with E-state index in [0.29, 0.717) is 17.9 Å². The largest absolute Gasteiger partial charge is 0.497 e. The zero-order valence-corrected chi connectivity index (χ0v) is 13.1. The summed E-state index contributed by atoms with van der Waals surface area (Å²) in [5.41, 5.74) is 6.70. The highest BCUT2D eigenvalue weighted by atomic mass is 32.2. The molecule has 2 N–H and O–H groups in total. The maximum Gasteiger partial charge on any atom is 0.153 e. The number of methoxy groups -OCH3 is 1. The van der Waals surface area contributed by atoms with Gasteiger partial charge in [0.25, 0.3) is 0 Å². The summed E-state index contributed by atoms with van der Waals surface area (Å²) in [5.74, 6) is 1.43. The van der Waals surface area contributed by atoms with Gasteiger partial charge in [-0.05, 0) is 19.4 Å². The summed E-state index contributed by atoms with van der Waals surface area (Å²) in [5, 5.41) is 0. The van der Waals surface area contributed by atoms with Crippen LogP contribution in [0, 0.1) is 0 Å². The van der Waals surface area contributed by atoms with Gasteiger partial charge in [0.2, 0.25) is 0 Å². The van der Waals surface area contributed by atoms with Crippen molar-refractivity contribution < 1.29 is 17.9 Å². The Labute approximate surface area is 121 Å². The molecule has 1 atom stereocenters. The third-order valence-corrected chi connectivity index (χ3v) is 4.70. The minimum Gasteiger partial charge on any atom is -0.497 e. The molecule has 1 rings (SSSR count). The fourth-order valence-corrected chi connectivity index (χ4v) is 3.00. The van der Waals surface area contributed by atoms with Gasteiger partial charge in [0.15, 0.2) is 9.84 Å². The number of hydrogen-bond donors (Lipinski definition) is 1. The fraction of sp³-hybridized carbons (Fsp3) is 0.571. The zero-order chi connectivity index (χ0) is 15.2. The van der Waals surface area contributed by atoms with Crippen LogP contribution >= 0.6 is 0 Å². The van der Waals surface area contributed by atoms with Crippen molar-refractivity contribution in [3.8, 4) is 11.5 Å². The van der Waals surface area contributed by atoms with E-state index in [1.54, 1.807) is 19.2 Å². The molecule has 5 nitrogen and oxygen atoms in total. The minimum atomic E-state index is -3.04. The highest BCUT2D eigenvalue weighted by Crippen LogP contribution is 2.28. The molecule has 6 heteroatoms. The molecule has 0 spiro atoms. The van der Waals surface area contributed by atoms with Gasteiger partial charge >= 0.3 is 0 Å². The van der Waals surface area contributed by atoms with Crippen molar-refractivity contribution in [2.75, 3.05) is 25.2 Å². The number of sulfone groups is 1. The third kappa shape index (κ3) is 5.02. The highest BCUT2D eigenvalue weighted by Gasteiger charge is 2.13. The van der Waals surface area contributed by atoms with Crippen LogP contribution in [-0.2, 0) is 9.84 Å². The Balaban J connectivity index is 2.76.